The highest BCUT2D eigenvalue weighted by molar-refractivity contribution is 7.99. The molecule has 118 valence electrons. The van der Waals surface area contributed by atoms with Gasteiger partial charge in [-0.05, 0) is 29.8 Å². The zero-order chi connectivity index (χ0) is 15.5. The van der Waals surface area contributed by atoms with Crippen molar-refractivity contribution in [2.45, 2.75) is 6.54 Å². The van der Waals surface area contributed by atoms with E-state index in [1.165, 1.54) is 41.5 Å². The van der Waals surface area contributed by atoms with Crippen molar-refractivity contribution in [1.82, 2.24) is 14.9 Å². The molecule has 2 aromatic heterocycles. The van der Waals surface area contributed by atoms with Crippen molar-refractivity contribution in [2.75, 3.05) is 24.6 Å². The van der Waals surface area contributed by atoms with Gasteiger partial charge < -0.3 is 4.74 Å². The number of hydrogen-bond donors (Lipinski definition) is 0. The van der Waals surface area contributed by atoms with Gasteiger partial charge in [-0.25, -0.2) is 4.98 Å². The Balaban J connectivity index is 1.43. The average molecular weight is 343 g/mol. The van der Waals surface area contributed by atoms with Crippen LogP contribution in [0.2, 0.25) is 0 Å². The van der Waals surface area contributed by atoms with E-state index in [-0.39, 0.29) is 0 Å². The third-order valence-corrected chi connectivity index (χ3v) is 5.61. The maximum absolute atomic E-state index is 5.86. The minimum Gasteiger partial charge on any atom is -0.431 e. The summed E-state index contributed by atoms with van der Waals surface area (Å²) in [6.07, 6.45) is 1.75. The lowest BCUT2D eigenvalue weighted by Gasteiger charge is -2.26. The fourth-order valence-corrected chi connectivity index (χ4v) is 4.35. The molecule has 0 N–H and O–H groups in total. The van der Waals surface area contributed by atoms with E-state index < -0.39 is 0 Å². The third kappa shape index (κ3) is 3.65. The topological polar surface area (TPSA) is 38.3 Å². The Labute approximate surface area is 143 Å². The maximum Gasteiger partial charge on any atom is 0.281 e. The molecule has 0 atom stereocenters. The number of ether oxygens (including phenoxy) is 1. The summed E-state index contributed by atoms with van der Waals surface area (Å²) in [6, 6.07) is 12.2. The highest BCUT2D eigenvalue weighted by Crippen LogP contribution is 2.30. The van der Waals surface area contributed by atoms with Crippen LogP contribution in [0.3, 0.4) is 0 Å². The molecule has 1 aliphatic rings. The number of thiazole rings is 1. The molecule has 0 amide bonds. The van der Waals surface area contributed by atoms with Gasteiger partial charge in [-0.1, -0.05) is 23.5 Å². The quantitative estimate of drug-likeness (QED) is 0.715. The first-order chi connectivity index (χ1) is 11.4. The molecule has 0 saturated carbocycles. The van der Waals surface area contributed by atoms with Crippen LogP contribution in [0.5, 0.6) is 10.9 Å². The van der Waals surface area contributed by atoms with Crippen LogP contribution in [0.1, 0.15) is 5.56 Å². The molecule has 0 spiro atoms. The second-order valence-electron chi connectivity index (χ2n) is 5.44. The Morgan fingerprint density at radius 1 is 1.09 bits per heavy atom. The molecule has 0 bridgehead atoms. The first-order valence-electron chi connectivity index (χ1n) is 7.65. The van der Waals surface area contributed by atoms with Crippen molar-refractivity contribution >= 4 is 33.4 Å². The standard InChI is InChI=1S/C17H17N3OS2/c1-2-15-16(18-7-1)19-17(23-15)21-14-5-3-13(4-6-14)12-20-8-10-22-11-9-20/h1-7H,8-12H2. The lowest BCUT2D eigenvalue weighted by molar-refractivity contribution is 0.294. The summed E-state index contributed by atoms with van der Waals surface area (Å²) < 4.78 is 6.90. The van der Waals surface area contributed by atoms with Crippen molar-refractivity contribution in [2.24, 2.45) is 0 Å². The van der Waals surface area contributed by atoms with Crippen LogP contribution in [0.4, 0.5) is 0 Å². The molecule has 6 heteroatoms. The molecule has 0 radical (unpaired) electrons. The molecule has 3 aromatic rings. The number of hydrogen-bond acceptors (Lipinski definition) is 6. The summed E-state index contributed by atoms with van der Waals surface area (Å²) >= 11 is 3.56. The summed E-state index contributed by atoms with van der Waals surface area (Å²) in [5, 5.41) is 0.638. The van der Waals surface area contributed by atoms with E-state index in [0.717, 1.165) is 22.6 Å². The van der Waals surface area contributed by atoms with Crippen LogP contribution in [-0.4, -0.2) is 39.5 Å². The number of rotatable bonds is 4. The van der Waals surface area contributed by atoms with Crippen LogP contribution in [0.25, 0.3) is 10.3 Å². The van der Waals surface area contributed by atoms with Gasteiger partial charge in [0.15, 0.2) is 5.65 Å². The van der Waals surface area contributed by atoms with Gasteiger partial charge in [0.1, 0.15) is 5.75 Å². The third-order valence-electron chi connectivity index (χ3n) is 3.78. The molecule has 3 heterocycles. The van der Waals surface area contributed by atoms with E-state index in [0.29, 0.717) is 5.19 Å². The number of benzene rings is 1. The molecule has 23 heavy (non-hydrogen) atoms. The predicted molar refractivity (Wildman–Crippen MR) is 96.5 cm³/mol. The van der Waals surface area contributed by atoms with Gasteiger partial charge in [-0.3, -0.25) is 4.90 Å². The minimum atomic E-state index is 0.638. The smallest absolute Gasteiger partial charge is 0.281 e. The van der Waals surface area contributed by atoms with E-state index in [4.69, 9.17) is 4.74 Å². The molecular weight excluding hydrogens is 326 g/mol. The fraction of sp³-hybridized carbons (Fsp3) is 0.294. The van der Waals surface area contributed by atoms with Gasteiger partial charge in [-0.15, -0.1) is 0 Å². The van der Waals surface area contributed by atoms with Gasteiger partial charge in [0.25, 0.3) is 5.19 Å². The normalized spacial score (nSPS) is 15.8. The van der Waals surface area contributed by atoms with E-state index in [2.05, 4.69) is 27.0 Å². The van der Waals surface area contributed by atoms with Crippen molar-refractivity contribution in [3.63, 3.8) is 0 Å². The molecular formula is C17H17N3OS2. The lowest BCUT2D eigenvalue weighted by atomic mass is 10.2. The van der Waals surface area contributed by atoms with Crippen LogP contribution < -0.4 is 4.74 Å². The van der Waals surface area contributed by atoms with Gasteiger partial charge in [0.2, 0.25) is 0 Å². The number of thioether (sulfide) groups is 1. The SMILES string of the molecule is c1cnc2nc(Oc3ccc(CN4CCSCC4)cc3)sc2c1. The summed E-state index contributed by atoms with van der Waals surface area (Å²) in [5.41, 5.74) is 2.07. The number of pyridine rings is 1. The molecule has 0 unspecified atom stereocenters. The zero-order valence-corrected chi connectivity index (χ0v) is 14.3. The second kappa shape index (κ2) is 6.86. The van der Waals surface area contributed by atoms with Crippen LogP contribution in [0, 0.1) is 0 Å². The molecule has 1 fully saturated rings. The van der Waals surface area contributed by atoms with E-state index in [1.54, 1.807) is 6.20 Å². The largest absolute Gasteiger partial charge is 0.431 e. The fourth-order valence-electron chi connectivity index (χ4n) is 2.57. The molecule has 1 aliphatic heterocycles. The molecule has 4 rings (SSSR count). The molecule has 1 aromatic carbocycles. The number of aromatic nitrogens is 2. The monoisotopic (exact) mass is 343 g/mol. The van der Waals surface area contributed by atoms with Crippen LogP contribution in [0.15, 0.2) is 42.6 Å². The summed E-state index contributed by atoms with van der Waals surface area (Å²) in [6.45, 7) is 3.38. The Bertz CT molecular complexity index is 749. The maximum atomic E-state index is 5.86. The highest BCUT2D eigenvalue weighted by atomic mass is 32.2. The average Bonchev–Trinajstić information content (AvgIpc) is 3.00. The van der Waals surface area contributed by atoms with Crippen molar-refractivity contribution in [1.29, 1.82) is 0 Å². The highest BCUT2D eigenvalue weighted by Gasteiger charge is 2.11. The summed E-state index contributed by atoms with van der Waals surface area (Å²) in [7, 11) is 0. The second-order valence-corrected chi connectivity index (χ2v) is 7.66. The van der Waals surface area contributed by atoms with Gasteiger partial charge in [0.05, 0.1) is 4.70 Å². The Kier molecular flexibility index (Phi) is 4.46. The Morgan fingerprint density at radius 3 is 2.70 bits per heavy atom. The first kappa shape index (κ1) is 14.9. The van der Waals surface area contributed by atoms with E-state index in [1.807, 2.05) is 36.0 Å². The molecule has 1 saturated heterocycles. The first-order valence-corrected chi connectivity index (χ1v) is 9.62. The van der Waals surface area contributed by atoms with Crippen molar-refractivity contribution < 1.29 is 4.74 Å². The van der Waals surface area contributed by atoms with E-state index >= 15 is 0 Å². The Morgan fingerprint density at radius 2 is 1.91 bits per heavy atom. The van der Waals surface area contributed by atoms with Gasteiger partial charge in [-0.2, -0.15) is 16.7 Å². The zero-order valence-electron chi connectivity index (χ0n) is 12.6. The van der Waals surface area contributed by atoms with Crippen LogP contribution in [-0.2, 0) is 6.54 Å². The van der Waals surface area contributed by atoms with Gasteiger partial charge in [0, 0.05) is 37.3 Å². The van der Waals surface area contributed by atoms with Crippen molar-refractivity contribution in [3.05, 3.63) is 48.2 Å². The number of nitrogens with zero attached hydrogens (tertiary/aromatic N) is 3. The lowest BCUT2D eigenvalue weighted by Crippen LogP contribution is -2.31. The van der Waals surface area contributed by atoms with E-state index in [9.17, 15) is 0 Å². The summed E-state index contributed by atoms with van der Waals surface area (Å²) in [5.74, 6) is 3.31. The molecule has 0 aliphatic carbocycles. The molecule has 4 nitrogen and oxygen atoms in total. The number of fused-ring (bicyclic) bond motifs is 1. The summed E-state index contributed by atoms with van der Waals surface area (Å²) in [4.78, 5) is 11.1. The van der Waals surface area contributed by atoms with Crippen LogP contribution >= 0.6 is 23.1 Å². The Hall–Kier alpha value is -1.63. The predicted octanol–water partition coefficient (Wildman–Crippen LogP) is 4.03. The van der Waals surface area contributed by atoms with Crippen molar-refractivity contribution in [3.8, 4) is 10.9 Å². The van der Waals surface area contributed by atoms with Gasteiger partial charge >= 0.3 is 0 Å². The minimum absolute atomic E-state index is 0.638.